The average Bonchev–Trinajstić information content (AvgIpc) is 2.75. The van der Waals surface area contributed by atoms with Gasteiger partial charge in [0.25, 0.3) is 0 Å². The van der Waals surface area contributed by atoms with E-state index in [-0.39, 0.29) is 13.0 Å². The topological polar surface area (TPSA) is 124 Å². The van der Waals surface area contributed by atoms with Crippen molar-refractivity contribution in [3.05, 3.63) is 5.82 Å². The van der Waals surface area contributed by atoms with Gasteiger partial charge in [-0.1, -0.05) is 5.21 Å². The maximum Gasteiger partial charge on any atom is 0.203 e. The van der Waals surface area contributed by atoms with Gasteiger partial charge in [-0.15, -0.1) is 10.2 Å². The van der Waals surface area contributed by atoms with E-state index in [0.717, 1.165) is 0 Å². The number of nitrogens with zero attached hydrogens (tertiary/aromatic N) is 3. The Bertz CT molecular complexity index is 306. The second kappa shape index (κ2) is 4.19. The number of nitrogens with one attached hydrogen (secondary N) is 1. The minimum atomic E-state index is -1.09. The number of aliphatic hydroxyl groups is 3. The Morgan fingerprint density at radius 3 is 2.87 bits per heavy atom. The molecule has 2 heterocycles. The molecule has 0 amide bonds. The molecule has 1 aromatic rings. The zero-order valence-electron chi connectivity index (χ0n) is 7.82. The SMILES string of the molecule is OC[C@H]1O[C@H](c2nn[nH]n2)C[C@@H](O)[C@H]1O. The number of hydrogen-bond donors (Lipinski definition) is 4. The van der Waals surface area contributed by atoms with Crippen molar-refractivity contribution in [2.45, 2.75) is 30.8 Å². The summed E-state index contributed by atoms with van der Waals surface area (Å²) in [5.41, 5.74) is 0. The molecule has 0 radical (unpaired) electrons. The minimum Gasteiger partial charge on any atom is -0.394 e. The van der Waals surface area contributed by atoms with Crippen LogP contribution in [-0.4, -0.2) is 60.9 Å². The van der Waals surface area contributed by atoms with Crippen molar-refractivity contribution in [2.24, 2.45) is 0 Å². The summed E-state index contributed by atoms with van der Waals surface area (Å²) in [7, 11) is 0. The molecular weight excluding hydrogens is 204 g/mol. The number of aromatic amines is 1. The van der Waals surface area contributed by atoms with Crippen LogP contribution in [0.1, 0.15) is 18.3 Å². The molecule has 4 N–H and O–H groups in total. The first-order chi connectivity index (χ1) is 7.22. The van der Waals surface area contributed by atoms with Gasteiger partial charge in [0.05, 0.1) is 12.7 Å². The third kappa shape index (κ3) is 1.97. The molecule has 0 aliphatic carbocycles. The molecule has 1 saturated heterocycles. The van der Waals surface area contributed by atoms with E-state index in [4.69, 9.17) is 9.84 Å². The first kappa shape index (κ1) is 10.4. The Kier molecular flexibility index (Phi) is 2.91. The monoisotopic (exact) mass is 216 g/mol. The van der Waals surface area contributed by atoms with Crippen molar-refractivity contribution in [3.8, 4) is 0 Å². The van der Waals surface area contributed by atoms with Crippen molar-refractivity contribution >= 4 is 0 Å². The molecule has 4 atom stereocenters. The van der Waals surface area contributed by atoms with Crippen LogP contribution in [0.5, 0.6) is 0 Å². The second-order valence-electron chi connectivity index (χ2n) is 3.41. The lowest BCUT2D eigenvalue weighted by Gasteiger charge is -2.34. The van der Waals surface area contributed by atoms with Gasteiger partial charge in [-0.3, -0.25) is 0 Å². The summed E-state index contributed by atoms with van der Waals surface area (Å²) in [6.45, 7) is -0.368. The fourth-order valence-corrected chi connectivity index (χ4v) is 1.58. The number of rotatable bonds is 2. The fourth-order valence-electron chi connectivity index (χ4n) is 1.58. The van der Waals surface area contributed by atoms with Gasteiger partial charge in [0.2, 0.25) is 5.82 Å². The zero-order valence-corrected chi connectivity index (χ0v) is 7.82. The predicted molar refractivity (Wildman–Crippen MR) is 45.5 cm³/mol. The highest BCUT2D eigenvalue weighted by Crippen LogP contribution is 2.29. The van der Waals surface area contributed by atoms with Crippen LogP contribution in [0.15, 0.2) is 0 Å². The molecule has 1 aliphatic rings. The van der Waals surface area contributed by atoms with Crippen molar-refractivity contribution in [2.75, 3.05) is 6.61 Å². The first-order valence-corrected chi connectivity index (χ1v) is 4.58. The van der Waals surface area contributed by atoms with Gasteiger partial charge < -0.3 is 20.1 Å². The van der Waals surface area contributed by atoms with E-state index in [1.807, 2.05) is 0 Å². The van der Waals surface area contributed by atoms with Crippen LogP contribution in [0.2, 0.25) is 0 Å². The smallest absolute Gasteiger partial charge is 0.203 e. The zero-order chi connectivity index (χ0) is 10.8. The number of hydrogen-bond acceptors (Lipinski definition) is 7. The normalized spacial score (nSPS) is 36.7. The maximum atomic E-state index is 9.52. The van der Waals surface area contributed by atoms with Crippen LogP contribution in [0.3, 0.4) is 0 Å². The second-order valence-corrected chi connectivity index (χ2v) is 3.41. The van der Waals surface area contributed by atoms with E-state index in [1.54, 1.807) is 0 Å². The third-order valence-corrected chi connectivity index (χ3v) is 2.40. The maximum absolute atomic E-state index is 9.52. The molecule has 2 rings (SSSR count). The lowest BCUT2D eigenvalue weighted by Crippen LogP contribution is -2.47. The van der Waals surface area contributed by atoms with Gasteiger partial charge in [0, 0.05) is 6.42 Å². The summed E-state index contributed by atoms with van der Waals surface area (Å²) in [6, 6.07) is 0. The molecule has 1 aliphatic heterocycles. The minimum absolute atomic E-state index is 0.178. The van der Waals surface area contributed by atoms with Gasteiger partial charge in [-0.2, -0.15) is 5.21 Å². The first-order valence-electron chi connectivity index (χ1n) is 4.58. The number of aliphatic hydroxyl groups excluding tert-OH is 3. The van der Waals surface area contributed by atoms with Crippen molar-refractivity contribution in [1.82, 2.24) is 20.6 Å². The van der Waals surface area contributed by atoms with Gasteiger partial charge in [0.15, 0.2) is 0 Å². The van der Waals surface area contributed by atoms with Gasteiger partial charge in [0.1, 0.15) is 18.3 Å². The summed E-state index contributed by atoms with van der Waals surface area (Å²) >= 11 is 0. The largest absolute Gasteiger partial charge is 0.394 e. The highest BCUT2D eigenvalue weighted by atomic mass is 16.5. The fraction of sp³-hybridized carbons (Fsp3) is 0.857. The van der Waals surface area contributed by atoms with Crippen LogP contribution in [0, 0.1) is 0 Å². The molecule has 84 valence electrons. The van der Waals surface area contributed by atoms with Crippen LogP contribution in [-0.2, 0) is 4.74 Å². The quantitative estimate of drug-likeness (QED) is 0.440. The molecule has 15 heavy (non-hydrogen) atoms. The van der Waals surface area contributed by atoms with E-state index in [9.17, 15) is 10.2 Å². The number of aromatic nitrogens is 4. The van der Waals surface area contributed by atoms with Gasteiger partial charge in [-0.05, 0) is 0 Å². The Hall–Kier alpha value is -1.09. The van der Waals surface area contributed by atoms with Crippen LogP contribution >= 0.6 is 0 Å². The van der Waals surface area contributed by atoms with E-state index in [0.29, 0.717) is 5.82 Å². The Morgan fingerprint density at radius 2 is 2.27 bits per heavy atom. The summed E-state index contributed by atoms with van der Waals surface area (Å²) in [5, 5.41) is 41.0. The molecular formula is C7H12N4O4. The summed E-state index contributed by atoms with van der Waals surface area (Å²) < 4.78 is 5.32. The summed E-state index contributed by atoms with van der Waals surface area (Å²) in [5.74, 6) is 0.305. The van der Waals surface area contributed by atoms with Gasteiger partial charge >= 0.3 is 0 Å². The molecule has 0 bridgehead atoms. The standard InChI is InChI=1S/C7H12N4O4/c12-2-5-6(14)3(13)1-4(15-5)7-8-10-11-9-7/h3-6,12-14H,1-2H2,(H,8,9,10,11)/t3-,4+,5-,6-/m1/s1. The van der Waals surface area contributed by atoms with Crippen LogP contribution < -0.4 is 0 Å². The molecule has 8 heteroatoms. The third-order valence-electron chi connectivity index (χ3n) is 2.40. The number of H-pyrrole nitrogens is 1. The Morgan fingerprint density at radius 1 is 1.47 bits per heavy atom. The number of ether oxygens (including phenoxy) is 1. The molecule has 0 spiro atoms. The summed E-state index contributed by atoms with van der Waals surface area (Å²) in [6.07, 6.45) is -3.24. The van der Waals surface area contributed by atoms with Gasteiger partial charge in [-0.25, -0.2) is 0 Å². The lowest BCUT2D eigenvalue weighted by molar-refractivity contribution is -0.183. The van der Waals surface area contributed by atoms with E-state index < -0.39 is 24.4 Å². The van der Waals surface area contributed by atoms with Crippen molar-refractivity contribution < 1.29 is 20.1 Å². The molecule has 1 fully saturated rings. The van der Waals surface area contributed by atoms with Crippen molar-refractivity contribution in [1.29, 1.82) is 0 Å². The van der Waals surface area contributed by atoms with Crippen LogP contribution in [0.4, 0.5) is 0 Å². The Labute approximate surface area is 84.9 Å². The highest BCUT2D eigenvalue weighted by Gasteiger charge is 2.38. The molecule has 0 unspecified atom stereocenters. The van der Waals surface area contributed by atoms with E-state index in [2.05, 4.69) is 20.6 Å². The lowest BCUT2D eigenvalue weighted by atomic mass is 9.98. The predicted octanol–water partition coefficient (Wildman–Crippen LogP) is -2.26. The molecule has 1 aromatic heterocycles. The number of tetrazole rings is 1. The van der Waals surface area contributed by atoms with E-state index >= 15 is 0 Å². The van der Waals surface area contributed by atoms with Crippen LogP contribution in [0.25, 0.3) is 0 Å². The molecule has 0 saturated carbocycles. The van der Waals surface area contributed by atoms with Crippen molar-refractivity contribution in [3.63, 3.8) is 0 Å². The average molecular weight is 216 g/mol. The summed E-state index contributed by atoms with van der Waals surface area (Å²) in [4.78, 5) is 0. The molecule has 0 aromatic carbocycles. The molecule has 8 nitrogen and oxygen atoms in total. The Balaban J connectivity index is 2.10. The highest BCUT2D eigenvalue weighted by molar-refractivity contribution is 4.93. The van der Waals surface area contributed by atoms with E-state index in [1.165, 1.54) is 0 Å².